The quantitative estimate of drug-likeness (QED) is 0.660. The second-order valence-electron chi connectivity index (χ2n) is 3.99. The van der Waals surface area contributed by atoms with Crippen molar-refractivity contribution in [2.45, 2.75) is 32.3 Å². The van der Waals surface area contributed by atoms with E-state index in [1.807, 2.05) is 6.92 Å². The first-order valence-corrected chi connectivity index (χ1v) is 4.78. The highest BCUT2D eigenvalue weighted by molar-refractivity contribution is 5.96. The number of rotatable bonds is 2. The number of ketones is 1. The molecule has 1 aliphatic rings. The Bertz CT molecular complexity index is 257. The topological polar surface area (TPSA) is 63.6 Å². The van der Waals surface area contributed by atoms with Gasteiger partial charge in [0.1, 0.15) is 5.60 Å². The van der Waals surface area contributed by atoms with Crippen molar-refractivity contribution in [1.29, 1.82) is 0 Å². The van der Waals surface area contributed by atoms with Gasteiger partial charge in [-0.1, -0.05) is 6.92 Å². The number of hydrogen-bond acceptors (Lipinski definition) is 4. The van der Waals surface area contributed by atoms with Gasteiger partial charge in [0.2, 0.25) is 0 Å². The summed E-state index contributed by atoms with van der Waals surface area (Å²) in [6.45, 7) is 3.29. The van der Waals surface area contributed by atoms with Crippen LogP contribution in [0.4, 0.5) is 0 Å². The molecule has 1 N–H and O–H groups in total. The lowest BCUT2D eigenvalue weighted by Gasteiger charge is -2.13. The van der Waals surface area contributed by atoms with Gasteiger partial charge in [0, 0.05) is 5.92 Å². The minimum absolute atomic E-state index is 0.178. The lowest BCUT2D eigenvalue weighted by atomic mass is 9.93. The smallest absolute Gasteiger partial charge is 0.309 e. The van der Waals surface area contributed by atoms with Gasteiger partial charge >= 0.3 is 5.97 Å². The summed E-state index contributed by atoms with van der Waals surface area (Å²) in [6.07, 6.45) is 0.742. The van der Waals surface area contributed by atoms with Gasteiger partial charge in [-0.2, -0.15) is 0 Å². The molecule has 4 nitrogen and oxygen atoms in total. The number of ether oxygens (including phenoxy) is 1. The molecule has 0 aromatic heterocycles. The average Bonchev–Trinajstić information content (AvgIpc) is 2.37. The van der Waals surface area contributed by atoms with Crippen LogP contribution in [0.25, 0.3) is 0 Å². The Labute approximate surface area is 83.2 Å². The van der Waals surface area contributed by atoms with Crippen LogP contribution in [-0.4, -0.2) is 29.6 Å². The molecule has 0 unspecified atom stereocenters. The molecule has 0 aliphatic heterocycles. The van der Waals surface area contributed by atoms with Gasteiger partial charge in [0.15, 0.2) is 5.78 Å². The number of Topliss-reactive ketones (excluding diaryl/α,β-unsaturated/α-hetero) is 1. The zero-order valence-electron chi connectivity index (χ0n) is 8.74. The average molecular weight is 200 g/mol. The molecule has 1 rings (SSSR count). The van der Waals surface area contributed by atoms with Crippen molar-refractivity contribution in [2.24, 2.45) is 11.8 Å². The molecule has 0 bridgehead atoms. The lowest BCUT2D eigenvalue weighted by Crippen LogP contribution is -2.31. The first-order chi connectivity index (χ1) is 6.44. The van der Waals surface area contributed by atoms with Crippen molar-refractivity contribution >= 4 is 11.8 Å². The summed E-state index contributed by atoms with van der Waals surface area (Å²) < 4.78 is 4.61. The summed E-state index contributed by atoms with van der Waals surface area (Å²) in [4.78, 5) is 23.0. The van der Waals surface area contributed by atoms with Crippen LogP contribution in [0.3, 0.4) is 0 Å². The summed E-state index contributed by atoms with van der Waals surface area (Å²) >= 11 is 0. The summed E-state index contributed by atoms with van der Waals surface area (Å²) in [7, 11) is 1.30. The predicted octanol–water partition coefficient (Wildman–Crippen LogP) is 0.526. The van der Waals surface area contributed by atoms with E-state index in [2.05, 4.69) is 4.74 Å². The van der Waals surface area contributed by atoms with E-state index in [1.165, 1.54) is 14.0 Å². The Kier molecular flexibility index (Phi) is 2.95. The molecule has 4 heteroatoms. The molecule has 0 aromatic rings. The number of methoxy groups -OCH3 is 1. The van der Waals surface area contributed by atoms with Crippen LogP contribution in [0.1, 0.15) is 26.7 Å². The Balaban J connectivity index is 2.89. The molecule has 0 saturated heterocycles. The van der Waals surface area contributed by atoms with Crippen molar-refractivity contribution in [3.05, 3.63) is 0 Å². The van der Waals surface area contributed by atoms with Crippen LogP contribution in [0.2, 0.25) is 0 Å². The third-order valence-corrected chi connectivity index (χ3v) is 2.91. The Morgan fingerprint density at radius 1 is 1.71 bits per heavy atom. The number of aliphatic hydroxyl groups is 1. The molecule has 0 spiro atoms. The number of carbonyl (C=O) groups is 2. The van der Waals surface area contributed by atoms with Gasteiger partial charge < -0.3 is 9.84 Å². The zero-order chi connectivity index (χ0) is 10.9. The van der Waals surface area contributed by atoms with Crippen molar-refractivity contribution < 1.29 is 19.4 Å². The fourth-order valence-corrected chi connectivity index (χ4v) is 2.12. The molecule has 1 saturated carbocycles. The number of carbonyl (C=O) groups excluding carboxylic acids is 2. The molecule has 0 amide bonds. The Hall–Kier alpha value is -0.900. The van der Waals surface area contributed by atoms with Crippen LogP contribution in [-0.2, 0) is 14.3 Å². The van der Waals surface area contributed by atoms with Crippen LogP contribution in [0.15, 0.2) is 0 Å². The van der Waals surface area contributed by atoms with Crippen LogP contribution in [0, 0.1) is 11.8 Å². The van der Waals surface area contributed by atoms with Crippen LogP contribution < -0.4 is 0 Å². The third-order valence-electron chi connectivity index (χ3n) is 2.91. The Morgan fingerprint density at radius 2 is 2.29 bits per heavy atom. The van der Waals surface area contributed by atoms with Gasteiger partial charge in [0.25, 0.3) is 0 Å². The van der Waals surface area contributed by atoms with Gasteiger partial charge in [-0.3, -0.25) is 9.59 Å². The number of hydrogen-bond donors (Lipinski definition) is 1. The normalized spacial score (nSPS) is 37.3. The molecular weight excluding hydrogens is 184 g/mol. The SMILES string of the molecule is CC[C@H]1C(=O)[C@@](C)(O)C[C@@H]1C(=O)OC. The monoisotopic (exact) mass is 200 g/mol. The number of esters is 1. The highest BCUT2D eigenvalue weighted by atomic mass is 16.5. The molecule has 0 aromatic carbocycles. The van der Waals surface area contributed by atoms with Crippen molar-refractivity contribution in [3.63, 3.8) is 0 Å². The molecule has 14 heavy (non-hydrogen) atoms. The second-order valence-corrected chi connectivity index (χ2v) is 3.99. The summed E-state index contributed by atoms with van der Waals surface area (Å²) in [6, 6.07) is 0. The van der Waals surface area contributed by atoms with Gasteiger partial charge in [0.05, 0.1) is 13.0 Å². The van der Waals surface area contributed by atoms with Gasteiger partial charge in [-0.25, -0.2) is 0 Å². The lowest BCUT2D eigenvalue weighted by molar-refractivity contribution is -0.147. The van der Waals surface area contributed by atoms with E-state index < -0.39 is 23.4 Å². The summed E-state index contributed by atoms with van der Waals surface area (Å²) in [5.74, 6) is -1.51. The zero-order valence-corrected chi connectivity index (χ0v) is 8.74. The molecule has 0 radical (unpaired) electrons. The molecule has 0 heterocycles. The fraction of sp³-hybridized carbons (Fsp3) is 0.800. The Morgan fingerprint density at radius 3 is 2.71 bits per heavy atom. The third kappa shape index (κ3) is 1.66. The van der Waals surface area contributed by atoms with E-state index in [4.69, 9.17) is 0 Å². The molecule has 1 aliphatic carbocycles. The van der Waals surface area contributed by atoms with Crippen molar-refractivity contribution in [2.75, 3.05) is 7.11 Å². The van der Waals surface area contributed by atoms with E-state index in [1.54, 1.807) is 0 Å². The highest BCUT2D eigenvalue weighted by Gasteiger charge is 2.51. The molecule has 80 valence electrons. The van der Waals surface area contributed by atoms with E-state index in [9.17, 15) is 14.7 Å². The maximum Gasteiger partial charge on any atom is 0.309 e. The maximum absolute atomic E-state index is 11.6. The predicted molar refractivity (Wildman–Crippen MR) is 49.5 cm³/mol. The highest BCUT2D eigenvalue weighted by Crippen LogP contribution is 2.38. The fourth-order valence-electron chi connectivity index (χ4n) is 2.12. The second kappa shape index (κ2) is 3.69. The van der Waals surface area contributed by atoms with E-state index in [-0.39, 0.29) is 12.2 Å². The van der Waals surface area contributed by atoms with E-state index in [0.717, 1.165) is 0 Å². The standard InChI is InChI=1S/C10H16O4/c1-4-6-7(9(12)14-3)5-10(2,13)8(6)11/h6-7,13H,4-5H2,1-3H3/t6-,7+,10+/m1/s1. The minimum Gasteiger partial charge on any atom is -0.469 e. The van der Waals surface area contributed by atoms with Crippen molar-refractivity contribution in [1.82, 2.24) is 0 Å². The molecule has 3 atom stereocenters. The van der Waals surface area contributed by atoms with Crippen LogP contribution >= 0.6 is 0 Å². The van der Waals surface area contributed by atoms with Gasteiger partial charge in [-0.15, -0.1) is 0 Å². The molecular formula is C10H16O4. The summed E-state index contributed by atoms with van der Waals surface area (Å²) in [5, 5.41) is 9.72. The van der Waals surface area contributed by atoms with E-state index >= 15 is 0 Å². The van der Waals surface area contributed by atoms with Crippen LogP contribution in [0.5, 0.6) is 0 Å². The van der Waals surface area contributed by atoms with E-state index in [0.29, 0.717) is 6.42 Å². The van der Waals surface area contributed by atoms with Crippen molar-refractivity contribution in [3.8, 4) is 0 Å². The van der Waals surface area contributed by atoms with Gasteiger partial charge in [-0.05, 0) is 19.8 Å². The maximum atomic E-state index is 11.6. The largest absolute Gasteiger partial charge is 0.469 e. The first-order valence-electron chi connectivity index (χ1n) is 4.78. The summed E-state index contributed by atoms with van der Waals surface area (Å²) in [5.41, 5.74) is -1.36. The first kappa shape index (κ1) is 11.2. The minimum atomic E-state index is -1.36. The molecule has 1 fully saturated rings.